The second-order valence-electron chi connectivity index (χ2n) is 6.16. The van der Waals surface area contributed by atoms with Crippen molar-refractivity contribution < 1.29 is 14.3 Å². The van der Waals surface area contributed by atoms with Crippen LogP contribution in [0, 0.1) is 0 Å². The Hall–Kier alpha value is -0.650. The van der Waals surface area contributed by atoms with E-state index in [0.717, 1.165) is 71.4 Å². The van der Waals surface area contributed by atoms with Crippen molar-refractivity contribution in [2.75, 3.05) is 32.8 Å². The van der Waals surface area contributed by atoms with Gasteiger partial charge >= 0.3 is 0 Å². The zero-order valence-corrected chi connectivity index (χ0v) is 12.2. The first-order valence-electron chi connectivity index (χ1n) is 8.08. The number of carbonyl (C=O) groups is 1. The summed E-state index contributed by atoms with van der Waals surface area (Å²) in [5.74, 6) is 0.244. The Morgan fingerprint density at radius 3 is 2.10 bits per heavy atom. The molecule has 114 valence electrons. The lowest BCUT2D eigenvalue weighted by atomic mass is 10.1. The predicted molar refractivity (Wildman–Crippen MR) is 75.6 cm³/mol. The largest absolute Gasteiger partial charge is 0.376 e. The molecule has 0 aromatic heterocycles. The molecule has 5 heteroatoms. The highest BCUT2D eigenvalue weighted by Gasteiger charge is 2.31. The first-order valence-corrected chi connectivity index (χ1v) is 8.08. The van der Waals surface area contributed by atoms with E-state index >= 15 is 0 Å². The summed E-state index contributed by atoms with van der Waals surface area (Å²) in [6.07, 6.45) is 6.91. The van der Waals surface area contributed by atoms with Crippen molar-refractivity contribution in [1.82, 2.24) is 10.2 Å². The Kier molecular flexibility index (Phi) is 4.91. The summed E-state index contributed by atoms with van der Waals surface area (Å²) >= 11 is 0. The highest BCUT2D eigenvalue weighted by Crippen LogP contribution is 2.19. The molecule has 0 spiro atoms. The van der Waals surface area contributed by atoms with Crippen LogP contribution >= 0.6 is 0 Å². The highest BCUT2D eigenvalue weighted by molar-refractivity contribution is 5.82. The van der Waals surface area contributed by atoms with Gasteiger partial charge in [0.2, 0.25) is 5.91 Å². The molecule has 0 aromatic rings. The van der Waals surface area contributed by atoms with Gasteiger partial charge in [-0.05, 0) is 45.1 Å². The molecule has 1 amide bonds. The maximum absolute atomic E-state index is 12.7. The molecule has 0 radical (unpaired) electrons. The van der Waals surface area contributed by atoms with Gasteiger partial charge in [0, 0.05) is 26.3 Å². The third-order valence-corrected chi connectivity index (χ3v) is 4.57. The third-order valence-electron chi connectivity index (χ3n) is 4.57. The van der Waals surface area contributed by atoms with E-state index in [1.165, 1.54) is 0 Å². The smallest absolute Gasteiger partial charge is 0.239 e. The fourth-order valence-electron chi connectivity index (χ4n) is 3.44. The molecule has 0 bridgehead atoms. The molecule has 3 fully saturated rings. The van der Waals surface area contributed by atoms with Gasteiger partial charge in [-0.15, -0.1) is 0 Å². The Morgan fingerprint density at radius 2 is 1.65 bits per heavy atom. The number of rotatable bonds is 5. The average molecular weight is 282 g/mol. The van der Waals surface area contributed by atoms with Gasteiger partial charge in [-0.1, -0.05) is 0 Å². The molecule has 20 heavy (non-hydrogen) atoms. The van der Waals surface area contributed by atoms with Crippen LogP contribution in [-0.4, -0.2) is 61.9 Å². The van der Waals surface area contributed by atoms with Crippen LogP contribution in [0.5, 0.6) is 0 Å². The van der Waals surface area contributed by atoms with Crippen molar-refractivity contribution in [3.8, 4) is 0 Å². The van der Waals surface area contributed by atoms with Crippen LogP contribution in [0.25, 0.3) is 0 Å². The Morgan fingerprint density at radius 1 is 1.00 bits per heavy atom. The van der Waals surface area contributed by atoms with Crippen LogP contribution in [0.1, 0.15) is 38.5 Å². The normalized spacial score (nSPS) is 33.7. The first-order chi connectivity index (χ1) is 9.83. The molecule has 1 N–H and O–H groups in total. The van der Waals surface area contributed by atoms with E-state index in [9.17, 15) is 4.79 Å². The number of carbonyl (C=O) groups excluding carboxylic acids is 1. The van der Waals surface area contributed by atoms with Crippen LogP contribution < -0.4 is 5.32 Å². The molecule has 3 aliphatic heterocycles. The minimum atomic E-state index is 0.0119. The molecular weight excluding hydrogens is 256 g/mol. The molecule has 3 rings (SSSR count). The van der Waals surface area contributed by atoms with E-state index in [1.54, 1.807) is 0 Å². The van der Waals surface area contributed by atoms with Gasteiger partial charge in [0.25, 0.3) is 0 Å². The summed E-state index contributed by atoms with van der Waals surface area (Å²) in [5, 5.41) is 3.31. The average Bonchev–Trinajstić information content (AvgIpc) is 3.20. The fraction of sp³-hybridized carbons (Fsp3) is 0.933. The van der Waals surface area contributed by atoms with E-state index in [2.05, 4.69) is 5.32 Å². The molecular formula is C15H26N2O3. The Balaban J connectivity index is 1.59. The number of ether oxygens (including phenoxy) is 2. The Bertz CT molecular complexity index is 301. The maximum atomic E-state index is 12.7. The van der Waals surface area contributed by atoms with Gasteiger partial charge in [0.05, 0.1) is 18.2 Å². The van der Waals surface area contributed by atoms with E-state index in [4.69, 9.17) is 9.47 Å². The lowest BCUT2D eigenvalue weighted by molar-refractivity contribution is -0.136. The summed E-state index contributed by atoms with van der Waals surface area (Å²) in [4.78, 5) is 14.7. The minimum absolute atomic E-state index is 0.0119. The van der Waals surface area contributed by atoms with Gasteiger partial charge in [-0.25, -0.2) is 0 Å². The molecule has 5 nitrogen and oxygen atoms in total. The van der Waals surface area contributed by atoms with E-state index < -0.39 is 0 Å². The third kappa shape index (κ3) is 3.51. The maximum Gasteiger partial charge on any atom is 0.239 e. The lowest BCUT2D eigenvalue weighted by Crippen LogP contribution is -2.49. The quantitative estimate of drug-likeness (QED) is 0.815. The second kappa shape index (κ2) is 6.87. The first kappa shape index (κ1) is 14.3. The van der Waals surface area contributed by atoms with Crippen LogP contribution in [0.15, 0.2) is 0 Å². The fourth-order valence-corrected chi connectivity index (χ4v) is 3.44. The van der Waals surface area contributed by atoms with Crippen molar-refractivity contribution in [2.45, 2.75) is 56.8 Å². The van der Waals surface area contributed by atoms with Crippen molar-refractivity contribution in [2.24, 2.45) is 0 Å². The van der Waals surface area contributed by atoms with Crippen LogP contribution in [0.4, 0.5) is 0 Å². The summed E-state index contributed by atoms with van der Waals surface area (Å²) in [6.45, 7) is 4.11. The van der Waals surface area contributed by atoms with Gasteiger partial charge in [-0.3, -0.25) is 4.79 Å². The number of nitrogens with zero attached hydrogens (tertiary/aromatic N) is 1. The Labute approximate surface area is 121 Å². The number of nitrogens with one attached hydrogen (secondary N) is 1. The summed E-state index contributed by atoms with van der Waals surface area (Å²) < 4.78 is 11.4. The van der Waals surface area contributed by atoms with E-state index in [1.807, 2.05) is 4.90 Å². The molecule has 3 heterocycles. The second-order valence-corrected chi connectivity index (χ2v) is 6.16. The van der Waals surface area contributed by atoms with Crippen molar-refractivity contribution in [3.63, 3.8) is 0 Å². The molecule has 0 aliphatic carbocycles. The topological polar surface area (TPSA) is 50.8 Å². The SMILES string of the molecule is O=C([C@@H]1CCCN1)N(CC1CCCO1)CC1CCCO1. The van der Waals surface area contributed by atoms with Crippen LogP contribution in [0.3, 0.4) is 0 Å². The number of hydrogen-bond acceptors (Lipinski definition) is 4. The zero-order chi connectivity index (χ0) is 13.8. The van der Waals surface area contributed by atoms with Gasteiger partial charge in [0.1, 0.15) is 0 Å². The monoisotopic (exact) mass is 282 g/mol. The van der Waals surface area contributed by atoms with Crippen LogP contribution in [-0.2, 0) is 14.3 Å². The molecule has 2 unspecified atom stereocenters. The molecule has 3 aliphatic rings. The van der Waals surface area contributed by atoms with Crippen LogP contribution in [0.2, 0.25) is 0 Å². The van der Waals surface area contributed by atoms with Crippen molar-refractivity contribution in [1.29, 1.82) is 0 Å². The van der Waals surface area contributed by atoms with Gasteiger partial charge < -0.3 is 19.7 Å². The van der Waals surface area contributed by atoms with Crippen molar-refractivity contribution >= 4 is 5.91 Å². The number of amides is 1. The lowest BCUT2D eigenvalue weighted by Gasteiger charge is -2.30. The number of hydrogen-bond donors (Lipinski definition) is 1. The molecule has 0 saturated carbocycles. The zero-order valence-electron chi connectivity index (χ0n) is 12.2. The van der Waals surface area contributed by atoms with Gasteiger partial charge in [0.15, 0.2) is 0 Å². The molecule has 3 atom stereocenters. The highest BCUT2D eigenvalue weighted by atomic mass is 16.5. The predicted octanol–water partition coefficient (Wildman–Crippen LogP) is 0.925. The minimum Gasteiger partial charge on any atom is -0.376 e. The van der Waals surface area contributed by atoms with E-state index in [0.29, 0.717) is 0 Å². The molecule has 3 saturated heterocycles. The standard InChI is InChI=1S/C15H26N2O3/c18-15(14-6-1-7-16-14)17(10-12-4-2-8-19-12)11-13-5-3-9-20-13/h12-14,16H,1-11H2/t12?,13?,14-/m0/s1. The summed E-state index contributed by atoms with van der Waals surface area (Å²) in [6, 6.07) is 0.0119. The summed E-state index contributed by atoms with van der Waals surface area (Å²) in [5.41, 5.74) is 0. The van der Waals surface area contributed by atoms with E-state index in [-0.39, 0.29) is 24.2 Å². The molecule has 0 aromatic carbocycles. The summed E-state index contributed by atoms with van der Waals surface area (Å²) in [7, 11) is 0. The van der Waals surface area contributed by atoms with Crippen molar-refractivity contribution in [3.05, 3.63) is 0 Å². The van der Waals surface area contributed by atoms with Gasteiger partial charge in [-0.2, -0.15) is 0 Å².